The highest BCUT2D eigenvalue weighted by molar-refractivity contribution is 5.31. The summed E-state index contributed by atoms with van der Waals surface area (Å²) in [5.74, 6) is 0.933. The third kappa shape index (κ3) is 4.63. The fourth-order valence-electron chi connectivity index (χ4n) is 3.06. The highest BCUT2D eigenvalue weighted by Crippen LogP contribution is 2.28. The summed E-state index contributed by atoms with van der Waals surface area (Å²) in [4.78, 5) is 0. The number of ether oxygens (including phenoxy) is 5. The summed E-state index contributed by atoms with van der Waals surface area (Å²) in [5, 5.41) is 59.6. The van der Waals surface area contributed by atoms with Crippen molar-refractivity contribution in [1.82, 2.24) is 0 Å². The number of aliphatic hydroxyl groups is 6. The van der Waals surface area contributed by atoms with Gasteiger partial charge in [-0.2, -0.15) is 0 Å². The van der Waals surface area contributed by atoms with Gasteiger partial charge in [-0.15, -0.1) is 0 Å². The summed E-state index contributed by atoms with van der Waals surface area (Å²) in [6, 6.07) is 6.43. The zero-order valence-corrected chi connectivity index (χ0v) is 15.7. The molecule has 11 heteroatoms. The molecule has 1 aromatic carbocycles. The Bertz CT molecular complexity index is 656. The Morgan fingerprint density at radius 3 is 2.24 bits per heavy atom. The number of benzene rings is 1. The van der Waals surface area contributed by atoms with Crippen molar-refractivity contribution in [2.75, 3.05) is 26.9 Å². The average molecular weight is 418 g/mol. The lowest BCUT2D eigenvalue weighted by atomic mass is 9.99. The molecule has 8 atom stereocenters. The Labute approximate surface area is 166 Å². The third-order valence-electron chi connectivity index (χ3n) is 4.98. The molecule has 0 unspecified atom stereocenters. The van der Waals surface area contributed by atoms with E-state index < -0.39 is 55.3 Å². The van der Waals surface area contributed by atoms with E-state index in [-0.39, 0.29) is 13.2 Å². The number of methoxy groups -OCH3 is 1. The Balaban J connectivity index is 1.61. The second kappa shape index (κ2) is 9.08. The standard InChI is InChI=1S/C18H26O11/c1-25-9-2-4-10(5-3-9)28-16-14(22)13(21)12(20)11(29-16)6-26-17-15(23)18(24,7-19)8-27-17/h2-5,11-17,19-24H,6-8H2,1H3/t11-,12-,13+,14-,15+,16-,17-,18-/m1/s1. The first-order valence-corrected chi connectivity index (χ1v) is 9.04. The minimum absolute atomic E-state index is 0.334. The van der Waals surface area contributed by atoms with Crippen molar-refractivity contribution in [2.24, 2.45) is 0 Å². The average Bonchev–Trinajstić information content (AvgIpc) is 3.02. The lowest BCUT2D eigenvalue weighted by Crippen LogP contribution is -2.60. The molecule has 0 bridgehead atoms. The molecule has 2 aliphatic heterocycles. The summed E-state index contributed by atoms with van der Waals surface area (Å²) in [6.45, 7) is -1.41. The molecule has 29 heavy (non-hydrogen) atoms. The molecule has 0 radical (unpaired) electrons. The minimum Gasteiger partial charge on any atom is -0.497 e. The minimum atomic E-state index is -1.85. The molecule has 0 saturated carbocycles. The van der Waals surface area contributed by atoms with Gasteiger partial charge in [0.15, 0.2) is 6.29 Å². The summed E-state index contributed by atoms with van der Waals surface area (Å²) in [7, 11) is 1.51. The number of aliphatic hydroxyl groups excluding tert-OH is 5. The molecule has 6 N–H and O–H groups in total. The normalized spacial score (nSPS) is 40.0. The molecule has 0 aliphatic carbocycles. The van der Waals surface area contributed by atoms with Crippen LogP contribution in [0.3, 0.4) is 0 Å². The van der Waals surface area contributed by atoms with Gasteiger partial charge in [0.2, 0.25) is 6.29 Å². The van der Waals surface area contributed by atoms with Crippen molar-refractivity contribution in [1.29, 1.82) is 0 Å². The molecule has 2 saturated heterocycles. The van der Waals surface area contributed by atoms with Gasteiger partial charge in [0, 0.05) is 0 Å². The van der Waals surface area contributed by atoms with Crippen molar-refractivity contribution in [3.63, 3.8) is 0 Å². The number of rotatable bonds is 7. The fourth-order valence-corrected chi connectivity index (χ4v) is 3.06. The summed E-state index contributed by atoms with van der Waals surface area (Å²) < 4.78 is 26.6. The Morgan fingerprint density at radius 2 is 1.66 bits per heavy atom. The van der Waals surface area contributed by atoms with E-state index in [1.807, 2.05) is 0 Å². The van der Waals surface area contributed by atoms with Crippen LogP contribution in [0.15, 0.2) is 24.3 Å². The van der Waals surface area contributed by atoms with Gasteiger partial charge in [0.1, 0.15) is 47.6 Å². The zero-order valence-electron chi connectivity index (χ0n) is 15.7. The zero-order chi connectivity index (χ0) is 21.2. The molecular weight excluding hydrogens is 392 g/mol. The lowest BCUT2D eigenvalue weighted by Gasteiger charge is -2.40. The fraction of sp³-hybridized carbons (Fsp3) is 0.667. The molecule has 2 heterocycles. The lowest BCUT2D eigenvalue weighted by molar-refractivity contribution is -0.289. The maximum absolute atomic E-state index is 10.2. The molecule has 0 spiro atoms. The van der Waals surface area contributed by atoms with Gasteiger partial charge in [-0.3, -0.25) is 0 Å². The van der Waals surface area contributed by atoms with Crippen LogP contribution in [0.4, 0.5) is 0 Å². The molecule has 0 aromatic heterocycles. The van der Waals surface area contributed by atoms with E-state index in [1.54, 1.807) is 24.3 Å². The second-order valence-electron chi connectivity index (χ2n) is 7.03. The maximum atomic E-state index is 10.2. The van der Waals surface area contributed by atoms with Gasteiger partial charge >= 0.3 is 0 Å². The van der Waals surface area contributed by atoms with Gasteiger partial charge in [-0.05, 0) is 24.3 Å². The first-order valence-electron chi connectivity index (χ1n) is 9.04. The van der Waals surface area contributed by atoms with Crippen LogP contribution in [-0.2, 0) is 14.2 Å². The Kier molecular flexibility index (Phi) is 6.94. The SMILES string of the molecule is COc1ccc(O[C@@H]2O[C@H](CO[C@@H]3OC[C@](O)(CO)[C@H]3O)[C@@H](O)[C@H](O)[C@H]2O)cc1. The van der Waals surface area contributed by atoms with E-state index in [0.29, 0.717) is 11.5 Å². The second-order valence-corrected chi connectivity index (χ2v) is 7.03. The van der Waals surface area contributed by atoms with Crippen LogP contribution in [0, 0.1) is 0 Å². The van der Waals surface area contributed by atoms with Gasteiger partial charge in [-0.25, -0.2) is 0 Å². The van der Waals surface area contributed by atoms with E-state index in [1.165, 1.54) is 7.11 Å². The Morgan fingerprint density at radius 1 is 1.00 bits per heavy atom. The largest absolute Gasteiger partial charge is 0.497 e. The summed E-state index contributed by atoms with van der Waals surface area (Å²) in [6.07, 6.45) is -9.84. The van der Waals surface area contributed by atoms with Gasteiger partial charge in [-0.1, -0.05) is 0 Å². The van der Waals surface area contributed by atoms with E-state index in [2.05, 4.69) is 0 Å². The quantitative estimate of drug-likeness (QED) is 0.273. The molecule has 2 aliphatic rings. The van der Waals surface area contributed by atoms with E-state index in [4.69, 9.17) is 28.8 Å². The monoisotopic (exact) mass is 418 g/mol. The highest BCUT2D eigenvalue weighted by atomic mass is 16.7. The van der Waals surface area contributed by atoms with Gasteiger partial charge < -0.3 is 54.3 Å². The van der Waals surface area contributed by atoms with Gasteiger partial charge in [0.25, 0.3) is 0 Å². The van der Waals surface area contributed by atoms with Crippen LogP contribution in [-0.4, -0.2) is 106 Å². The predicted octanol–water partition coefficient (Wildman–Crippen LogP) is -2.66. The number of hydrogen-bond acceptors (Lipinski definition) is 11. The summed E-state index contributed by atoms with van der Waals surface area (Å²) >= 11 is 0. The van der Waals surface area contributed by atoms with E-state index in [9.17, 15) is 25.5 Å². The molecule has 1 aromatic rings. The van der Waals surface area contributed by atoms with Crippen LogP contribution in [0.25, 0.3) is 0 Å². The maximum Gasteiger partial charge on any atom is 0.229 e. The van der Waals surface area contributed by atoms with E-state index >= 15 is 0 Å². The molecule has 164 valence electrons. The molecule has 2 fully saturated rings. The van der Waals surface area contributed by atoms with Crippen molar-refractivity contribution >= 4 is 0 Å². The number of hydrogen-bond donors (Lipinski definition) is 6. The summed E-state index contributed by atoms with van der Waals surface area (Å²) in [5.41, 5.74) is -1.85. The topological polar surface area (TPSA) is 168 Å². The first-order chi connectivity index (χ1) is 13.8. The first kappa shape index (κ1) is 22.2. The highest BCUT2D eigenvalue weighted by Gasteiger charge is 2.50. The van der Waals surface area contributed by atoms with Crippen molar-refractivity contribution in [3.05, 3.63) is 24.3 Å². The van der Waals surface area contributed by atoms with Crippen LogP contribution in [0.5, 0.6) is 11.5 Å². The van der Waals surface area contributed by atoms with Crippen LogP contribution >= 0.6 is 0 Å². The molecule has 0 amide bonds. The van der Waals surface area contributed by atoms with Gasteiger partial charge in [0.05, 0.1) is 26.9 Å². The van der Waals surface area contributed by atoms with E-state index in [0.717, 1.165) is 0 Å². The molecular formula is C18H26O11. The third-order valence-corrected chi connectivity index (χ3v) is 4.98. The van der Waals surface area contributed by atoms with Crippen LogP contribution < -0.4 is 9.47 Å². The molecule has 11 nitrogen and oxygen atoms in total. The van der Waals surface area contributed by atoms with Crippen LogP contribution in [0.2, 0.25) is 0 Å². The van der Waals surface area contributed by atoms with Crippen molar-refractivity contribution < 1.29 is 54.3 Å². The van der Waals surface area contributed by atoms with Crippen molar-refractivity contribution in [3.8, 4) is 11.5 Å². The predicted molar refractivity (Wildman–Crippen MR) is 94.0 cm³/mol. The Hall–Kier alpha value is -1.54. The van der Waals surface area contributed by atoms with Crippen LogP contribution in [0.1, 0.15) is 0 Å². The molecule has 3 rings (SSSR count). The smallest absolute Gasteiger partial charge is 0.229 e. The van der Waals surface area contributed by atoms with Crippen molar-refractivity contribution in [2.45, 2.75) is 48.7 Å².